The number of carbonyl (C=O) groups excluding carboxylic acids is 3. The number of carbonyl (C=O) groups is 3. The Morgan fingerprint density at radius 1 is 1.28 bits per heavy atom. The van der Waals surface area contributed by atoms with Crippen LogP contribution in [0.3, 0.4) is 0 Å². The van der Waals surface area contributed by atoms with Gasteiger partial charge < -0.3 is 19.6 Å². The molecular weight excluding hydrogens is 344 g/mol. The van der Waals surface area contributed by atoms with Gasteiger partial charge in [-0.25, -0.2) is 0 Å². The zero-order valence-electron chi connectivity index (χ0n) is 15.4. The van der Waals surface area contributed by atoms with Crippen molar-refractivity contribution < 1.29 is 18.9 Å². The molecule has 0 spiro atoms. The van der Waals surface area contributed by atoms with Crippen LogP contribution in [0.5, 0.6) is 0 Å². The lowest BCUT2D eigenvalue weighted by Gasteiger charge is -2.23. The SMILES string of the molecule is CCN(CC)C(=O)CN(C)C(=O)CSC(C)C(=O)Nc1cc(C)on1. The van der Waals surface area contributed by atoms with Crippen LogP contribution in [-0.2, 0) is 14.4 Å². The largest absolute Gasteiger partial charge is 0.360 e. The molecule has 1 aromatic rings. The fourth-order valence-electron chi connectivity index (χ4n) is 2.00. The number of aryl methyl sites for hydroxylation is 1. The Morgan fingerprint density at radius 3 is 2.44 bits per heavy atom. The van der Waals surface area contributed by atoms with Crippen molar-refractivity contribution in [3.63, 3.8) is 0 Å². The summed E-state index contributed by atoms with van der Waals surface area (Å²) in [5.74, 6) is 0.538. The number of anilines is 1. The summed E-state index contributed by atoms with van der Waals surface area (Å²) in [4.78, 5) is 39.3. The summed E-state index contributed by atoms with van der Waals surface area (Å²) in [5.41, 5.74) is 0. The van der Waals surface area contributed by atoms with E-state index in [9.17, 15) is 14.4 Å². The third-order valence-corrected chi connectivity index (χ3v) is 4.75. The van der Waals surface area contributed by atoms with Crippen LogP contribution in [-0.4, -0.2) is 70.4 Å². The topological polar surface area (TPSA) is 95.8 Å². The Bertz CT molecular complexity index is 601. The fourth-order valence-corrected chi connectivity index (χ4v) is 2.83. The molecule has 1 rings (SSSR count). The van der Waals surface area contributed by atoms with Crippen LogP contribution in [0.2, 0.25) is 0 Å². The molecule has 3 amide bonds. The monoisotopic (exact) mass is 370 g/mol. The number of hydrogen-bond donors (Lipinski definition) is 1. The van der Waals surface area contributed by atoms with Crippen molar-refractivity contribution in [1.29, 1.82) is 0 Å². The summed E-state index contributed by atoms with van der Waals surface area (Å²) >= 11 is 1.21. The average molecular weight is 370 g/mol. The number of amides is 3. The first-order valence-electron chi connectivity index (χ1n) is 8.15. The van der Waals surface area contributed by atoms with Crippen LogP contribution in [0.1, 0.15) is 26.5 Å². The lowest BCUT2D eigenvalue weighted by Crippen LogP contribution is -2.41. The lowest BCUT2D eigenvalue weighted by molar-refractivity contribution is -0.137. The van der Waals surface area contributed by atoms with Crippen molar-refractivity contribution in [2.45, 2.75) is 32.9 Å². The van der Waals surface area contributed by atoms with Gasteiger partial charge in [0.1, 0.15) is 5.76 Å². The van der Waals surface area contributed by atoms with E-state index in [0.29, 0.717) is 24.7 Å². The van der Waals surface area contributed by atoms with Gasteiger partial charge in [0, 0.05) is 26.2 Å². The first-order chi connectivity index (χ1) is 11.8. The Morgan fingerprint density at radius 2 is 1.92 bits per heavy atom. The molecule has 25 heavy (non-hydrogen) atoms. The van der Waals surface area contributed by atoms with Gasteiger partial charge in [-0.3, -0.25) is 14.4 Å². The molecule has 1 atom stereocenters. The minimum absolute atomic E-state index is 0.0415. The van der Waals surface area contributed by atoms with E-state index in [2.05, 4.69) is 10.5 Å². The van der Waals surface area contributed by atoms with Gasteiger partial charge in [-0.15, -0.1) is 11.8 Å². The van der Waals surface area contributed by atoms with Crippen LogP contribution in [0.15, 0.2) is 10.6 Å². The quantitative estimate of drug-likeness (QED) is 0.705. The molecule has 1 unspecified atom stereocenters. The van der Waals surface area contributed by atoms with Crippen molar-refractivity contribution in [3.05, 3.63) is 11.8 Å². The van der Waals surface area contributed by atoms with Gasteiger partial charge in [0.05, 0.1) is 17.5 Å². The highest BCUT2D eigenvalue weighted by Crippen LogP contribution is 2.14. The number of rotatable bonds is 9. The van der Waals surface area contributed by atoms with Crippen molar-refractivity contribution >= 4 is 35.3 Å². The maximum Gasteiger partial charge on any atom is 0.242 e. The van der Waals surface area contributed by atoms with Crippen LogP contribution in [0.4, 0.5) is 5.82 Å². The number of hydrogen-bond acceptors (Lipinski definition) is 6. The number of thioether (sulfide) groups is 1. The second-order valence-electron chi connectivity index (χ2n) is 5.58. The van der Waals surface area contributed by atoms with E-state index in [-0.39, 0.29) is 30.0 Å². The summed E-state index contributed by atoms with van der Waals surface area (Å²) in [5, 5.41) is 5.88. The molecule has 140 valence electrons. The van der Waals surface area contributed by atoms with E-state index in [4.69, 9.17) is 4.52 Å². The molecule has 0 fully saturated rings. The van der Waals surface area contributed by atoms with Crippen molar-refractivity contribution in [1.82, 2.24) is 15.0 Å². The molecule has 0 aliphatic carbocycles. The van der Waals surface area contributed by atoms with Gasteiger partial charge in [0.15, 0.2) is 5.82 Å². The Kier molecular flexibility index (Phi) is 8.47. The summed E-state index contributed by atoms with van der Waals surface area (Å²) < 4.78 is 4.88. The summed E-state index contributed by atoms with van der Waals surface area (Å²) in [6.07, 6.45) is 0. The normalized spacial score (nSPS) is 11.7. The Balaban J connectivity index is 2.41. The predicted molar refractivity (Wildman–Crippen MR) is 97.4 cm³/mol. The molecule has 0 radical (unpaired) electrons. The summed E-state index contributed by atoms with van der Waals surface area (Å²) in [7, 11) is 1.59. The predicted octanol–water partition coefficient (Wildman–Crippen LogP) is 1.37. The summed E-state index contributed by atoms with van der Waals surface area (Å²) in [6, 6.07) is 1.62. The molecule has 8 nitrogen and oxygen atoms in total. The number of aromatic nitrogens is 1. The fraction of sp³-hybridized carbons (Fsp3) is 0.625. The Hall–Kier alpha value is -2.03. The lowest BCUT2D eigenvalue weighted by atomic mass is 10.4. The van der Waals surface area contributed by atoms with Crippen molar-refractivity contribution in [2.24, 2.45) is 0 Å². The second kappa shape index (κ2) is 10.1. The number of nitrogens with one attached hydrogen (secondary N) is 1. The van der Waals surface area contributed by atoms with Crippen molar-refractivity contribution in [2.75, 3.05) is 37.8 Å². The van der Waals surface area contributed by atoms with Crippen LogP contribution in [0, 0.1) is 6.92 Å². The van der Waals surface area contributed by atoms with E-state index < -0.39 is 5.25 Å². The van der Waals surface area contributed by atoms with E-state index in [1.54, 1.807) is 31.9 Å². The molecule has 0 saturated carbocycles. The number of likely N-dealkylation sites (N-methyl/N-ethyl adjacent to an activating group) is 2. The highest BCUT2D eigenvalue weighted by molar-refractivity contribution is 8.01. The van der Waals surface area contributed by atoms with Gasteiger partial charge in [0.25, 0.3) is 0 Å². The zero-order valence-corrected chi connectivity index (χ0v) is 16.2. The van der Waals surface area contributed by atoms with Gasteiger partial charge in [-0.2, -0.15) is 0 Å². The molecule has 0 aromatic carbocycles. The molecule has 0 aliphatic rings. The smallest absolute Gasteiger partial charge is 0.242 e. The standard InChI is InChI=1S/C16H26N4O4S/c1-6-20(7-2)14(21)9-19(5)15(22)10-25-12(4)16(23)17-13-8-11(3)24-18-13/h8,12H,6-7,9-10H2,1-5H3,(H,17,18,23). The molecule has 9 heteroatoms. The highest BCUT2D eigenvalue weighted by atomic mass is 32.2. The number of nitrogens with zero attached hydrogens (tertiary/aromatic N) is 3. The van der Waals surface area contributed by atoms with Gasteiger partial charge >= 0.3 is 0 Å². The molecule has 0 saturated heterocycles. The molecular formula is C16H26N4O4S. The maximum absolute atomic E-state index is 12.1. The van der Waals surface area contributed by atoms with E-state index in [1.165, 1.54) is 16.7 Å². The zero-order chi connectivity index (χ0) is 19.0. The Labute approximate surface area is 152 Å². The molecule has 0 bridgehead atoms. The minimum Gasteiger partial charge on any atom is -0.360 e. The third kappa shape index (κ3) is 6.77. The van der Waals surface area contributed by atoms with Crippen LogP contribution < -0.4 is 5.32 Å². The first-order valence-corrected chi connectivity index (χ1v) is 9.20. The maximum atomic E-state index is 12.1. The van der Waals surface area contributed by atoms with Gasteiger partial charge in [0.2, 0.25) is 17.7 Å². The van der Waals surface area contributed by atoms with Gasteiger partial charge in [-0.1, -0.05) is 5.16 Å². The van der Waals surface area contributed by atoms with Crippen LogP contribution >= 0.6 is 11.8 Å². The second-order valence-corrected chi connectivity index (χ2v) is 6.91. The molecule has 1 N–H and O–H groups in total. The molecule has 0 aliphatic heterocycles. The molecule has 1 aromatic heterocycles. The minimum atomic E-state index is -0.437. The first kappa shape index (κ1) is 21.0. The summed E-state index contributed by atoms with van der Waals surface area (Å²) in [6.45, 7) is 8.51. The highest BCUT2D eigenvalue weighted by Gasteiger charge is 2.20. The molecule has 1 heterocycles. The van der Waals surface area contributed by atoms with E-state index >= 15 is 0 Å². The van der Waals surface area contributed by atoms with Gasteiger partial charge in [-0.05, 0) is 27.7 Å². The van der Waals surface area contributed by atoms with E-state index in [1.807, 2.05) is 13.8 Å². The van der Waals surface area contributed by atoms with Crippen LogP contribution in [0.25, 0.3) is 0 Å². The van der Waals surface area contributed by atoms with E-state index in [0.717, 1.165) is 0 Å². The average Bonchev–Trinajstić information content (AvgIpc) is 2.98. The van der Waals surface area contributed by atoms with Crippen molar-refractivity contribution in [3.8, 4) is 0 Å². The third-order valence-electron chi connectivity index (χ3n) is 3.62.